The molecule has 1 amide bonds. The van der Waals surface area contributed by atoms with Crippen molar-refractivity contribution in [3.8, 4) is 0 Å². The molecule has 4 nitrogen and oxygen atoms in total. The molecule has 5 heteroatoms. The molecule has 0 rings (SSSR count). The van der Waals surface area contributed by atoms with Crippen LogP contribution in [0.2, 0.25) is 25.7 Å². The third-order valence-corrected chi connectivity index (χ3v) is 3.56. The predicted molar refractivity (Wildman–Crippen MR) is 62.8 cm³/mol. The van der Waals surface area contributed by atoms with Crippen LogP contribution in [0.5, 0.6) is 0 Å². The van der Waals surface area contributed by atoms with E-state index in [2.05, 4.69) is 25.0 Å². The standard InChI is InChI=1S/C10H21NO3Si/c1-15(2,3)9-8-14-10(13)11-6-4-5-7-12/h7H,4-6,8-9H2,1-3H3,(H,11,13). The van der Waals surface area contributed by atoms with Gasteiger partial charge < -0.3 is 14.8 Å². The minimum absolute atomic E-state index is 0.376. The molecule has 0 bridgehead atoms. The number of rotatable bonds is 7. The van der Waals surface area contributed by atoms with Crippen molar-refractivity contribution in [2.75, 3.05) is 13.2 Å². The first-order valence-electron chi connectivity index (χ1n) is 5.30. The van der Waals surface area contributed by atoms with Crippen LogP contribution >= 0.6 is 0 Å². The topological polar surface area (TPSA) is 55.4 Å². The van der Waals surface area contributed by atoms with Crippen molar-refractivity contribution in [2.45, 2.75) is 38.5 Å². The summed E-state index contributed by atoms with van der Waals surface area (Å²) in [6.07, 6.45) is 1.62. The number of unbranched alkanes of at least 4 members (excludes halogenated alkanes) is 1. The average Bonchev–Trinajstić information content (AvgIpc) is 2.10. The van der Waals surface area contributed by atoms with Gasteiger partial charge in [0, 0.05) is 21.0 Å². The zero-order valence-corrected chi connectivity index (χ0v) is 10.8. The maximum absolute atomic E-state index is 11.1. The van der Waals surface area contributed by atoms with Crippen molar-refractivity contribution >= 4 is 20.5 Å². The number of nitrogens with one attached hydrogen (secondary N) is 1. The Labute approximate surface area is 92.4 Å². The SMILES string of the molecule is C[Si](C)(C)CCOC(=O)NCCCC=O. The smallest absolute Gasteiger partial charge is 0.407 e. The summed E-state index contributed by atoms with van der Waals surface area (Å²) in [5, 5.41) is 2.60. The zero-order valence-electron chi connectivity index (χ0n) is 9.84. The highest BCUT2D eigenvalue weighted by molar-refractivity contribution is 6.76. The molecule has 0 spiro atoms. The molecule has 0 aliphatic heterocycles. The van der Waals surface area contributed by atoms with Gasteiger partial charge >= 0.3 is 6.09 Å². The second-order valence-corrected chi connectivity index (χ2v) is 10.3. The molecule has 0 aromatic rings. The van der Waals surface area contributed by atoms with Crippen LogP contribution in [0.15, 0.2) is 0 Å². The Hall–Kier alpha value is -0.843. The highest BCUT2D eigenvalue weighted by atomic mass is 28.3. The first kappa shape index (κ1) is 14.2. The molecule has 0 radical (unpaired) electrons. The Morgan fingerprint density at radius 3 is 2.60 bits per heavy atom. The molecule has 0 heterocycles. The van der Waals surface area contributed by atoms with Crippen LogP contribution in [-0.4, -0.2) is 33.6 Å². The maximum atomic E-state index is 11.1. The van der Waals surface area contributed by atoms with Crippen LogP contribution in [-0.2, 0) is 9.53 Å². The Morgan fingerprint density at radius 1 is 1.40 bits per heavy atom. The second kappa shape index (κ2) is 7.45. The molecular weight excluding hydrogens is 210 g/mol. The molecule has 0 aromatic heterocycles. The third kappa shape index (κ3) is 11.1. The second-order valence-electron chi connectivity index (χ2n) is 4.68. The lowest BCUT2D eigenvalue weighted by molar-refractivity contribution is -0.107. The molecule has 1 N–H and O–H groups in total. The van der Waals surface area contributed by atoms with Crippen LogP contribution < -0.4 is 5.32 Å². The van der Waals surface area contributed by atoms with E-state index in [1.165, 1.54) is 0 Å². The molecule has 15 heavy (non-hydrogen) atoms. The summed E-state index contributed by atoms with van der Waals surface area (Å²) >= 11 is 0. The number of ether oxygens (including phenoxy) is 1. The Bertz CT molecular complexity index is 201. The molecular formula is C10H21NO3Si. The molecule has 0 unspecified atom stereocenters. The van der Waals surface area contributed by atoms with E-state index in [1.54, 1.807) is 0 Å². The van der Waals surface area contributed by atoms with E-state index >= 15 is 0 Å². The van der Waals surface area contributed by atoms with Gasteiger partial charge in [-0.2, -0.15) is 0 Å². The molecule has 0 saturated carbocycles. The Balaban J connectivity index is 3.37. The quantitative estimate of drug-likeness (QED) is 0.414. The van der Waals surface area contributed by atoms with Gasteiger partial charge in [0.1, 0.15) is 6.29 Å². The fourth-order valence-electron chi connectivity index (χ4n) is 0.877. The van der Waals surface area contributed by atoms with E-state index in [4.69, 9.17) is 4.74 Å². The van der Waals surface area contributed by atoms with Crippen molar-refractivity contribution < 1.29 is 14.3 Å². The van der Waals surface area contributed by atoms with Gasteiger partial charge in [0.15, 0.2) is 0 Å². The van der Waals surface area contributed by atoms with Crippen LogP contribution in [0.25, 0.3) is 0 Å². The third-order valence-electron chi connectivity index (χ3n) is 1.85. The summed E-state index contributed by atoms with van der Waals surface area (Å²) in [4.78, 5) is 21.1. The summed E-state index contributed by atoms with van der Waals surface area (Å²) < 4.78 is 4.99. The van der Waals surface area contributed by atoms with Crippen molar-refractivity contribution in [1.82, 2.24) is 5.32 Å². The van der Waals surface area contributed by atoms with Gasteiger partial charge in [-0.15, -0.1) is 0 Å². The molecule has 0 aromatic carbocycles. The molecule has 88 valence electrons. The van der Waals surface area contributed by atoms with Crippen LogP contribution in [0, 0.1) is 0 Å². The summed E-state index contributed by atoms with van der Waals surface area (Å²) in [6.45, 7) is 7.70. The minimum Gasteiger partial charge on any atom is -0.450 e. The van der Waals surface area contributed by atoms with E-state index < -0.39 is 8.07 Å². The van der Waals surface area contributed by atoms with Gasteiger partial charge in [0.2, 0.25) is 0 Å². The van der Waals surface area contributed by atoms with Gasteiger partial charge in [-0.1, -0.05) is 19.6 Å². The Kier molecular flexibility index (Phi) is 7.03. The monoisotopic (exact) mass is 231 g/mol. The number of carbonyl (C=O) groups is 2. The molecule has 0 aliphatic rings. The van der Waals surface area contributed by atoms with E-state index in [9.17, 15) is 9.59 Å². The van der Waals surface area contributed by atoms with E-state index in [-0.39, 0.29) is 6.09 Å². The van der Waals surface area contributed by atoms with E-state index in [0.717, 1.165) is 12.3 Å². The summed E-state index contributed by atoms with van der Waals surface area (Å²) in [5.74, 6) is 0. The highest BCUT2D eigenvalue weighted by Crippen LogP contribution is 2.07. The van der Waals surface area contributed by atoms with Gasteiger partial charge in [-0.3, -0.25) is 0 Å². The van der Waals surface area contributed by atoms with Crippen LogP contribution in [0.1, 0.15) is 12.8 Å². The van der Waals surface area contributed by atoms with Crippen molar-refractivity contribution in [1.29, 1.82) is 0 Å². The fourth-order valence-corrected chi connectivity index (χ4v) is 1.59. The highest BCUT2D eigenvalue weighted by Gasteiger charge is 2.13. The minimum atomic E-state index is -1.12. The van der Waals surface area contributed by atoms with E-state index in [0.29, 0.717) is 26.0 Å². The lowest BCUT2D eigenvalue weighted by atomic mass is 10.3. The number of hydrogen-bond acceptors (Lipinski definition) is 3. The van der Waals surface area contributed by atoms with E-state index in [1.807, 2.05) is 0 Å². The fraction of sp³-hybridized carbons (Fsp3) is 0.800. The van der Waals surface area contributed by atoms with Crippen LogP contribution in [0.4, 0.5) is 4.79 Å². The lowest BCUT2D eigenvalue weighted by Gasteiger charge is -2.15. The van der Waals surface area contributed by atoms with Gasteiger partial charge in [0.05, 0.1) is 6.61 Å². The van der Waals surface area contributed by atoms with Crippen molar-refractivity contribution in [2.24, 2.45) is 0 Å². The number of aldehydes is 1. The first-order valence-corrected chi connectivity index (χ1v) is 9.01. The number of carbonyl (C=O) groups excluding carboxylic acids is 2. The summed E-state index contributed by atoms with van der Waals surface area (Å²) in [6, 6.07) is 0.981. The lowest BCUT2D eigenvalue weighted by Crippen LogP contribution is -2.28. The number of hydrogen-bond donors (Lipinski definition) is 1. The molecule has 0 atom stereocenters. The molecule has 0 saturated heterocycles. The normalized spacial score (nSPS) is 10.9. The first-order chi connectivity index (χ1) is 6.95. The average molecular weight is 231 g/mol. The van der Waals surface area contributed by atoms with Gasteiger partial charge in [-0.25, -0.2) is 4.79 Å². The van der Waals surface area contributed by atoms with Gasteiger partial charge in [0.25, 0.3) is 0 Å². The van der Waals surface area contributed by atoms with Crippen molar-refractivity contribution in [3.05, 3.63) is 0 Å². The van der Waals surface area contributed by atoms with Crippen LogP contribution in [0.3, 0.4) is 0 Å². The molecule has 0 fully saturated rings. The summed E-state index contributed by atoms with van der Waals surface area (Å²) in [5.41, 5.74) is 0. The predicted octanol–water partition coefficient (Wildman–Crippen LogP) is 2.03. The maximum Gasteiger partial charge on any atom is 0.407 e. The number of alkyl carbamates (subject to hydrolysis) is 1. The summed E-state index contributed by atoms with van der Waals surface area (Å²) in [7, 11) is -1.12. The number of amides is 1. The zero-order chi connectivity index (χ0) is 11.7. The Morgan fingerprint density at radius 2 is 2.07 bits per heavy atom. The van der Waals surface area contributed by atoms with Crippen molar-refractivity contribution in [3.63, 3.8) is 0 Å². The molecule has 0 aliphatic carbocycles. The van der Waals surface area contributed by atoms with Gasteiger partial charge in [-0.05, 0) is 12.5 Å². The largest absolute Gasteiger partial charge is 0.450 e.